The lowest BCUT2D eigenvalue weighted by Gasteiger charge is -2.18. The molecule has 3 aromatic rings. The zero-order valence-electron chi connectivity index (χ0n) is 14.1. The molecule has 0 aliphatic rings. The number of aromatic nitrogens is 1. The number of hydrogen-bond donors (Lipinski definition) is 1. The summed E-state index contributed by atoms with van der Waals surface area (Å²) in [5.41, 5.74) is 0.895. The maximum absolute atomic E-state index is 13.7. The number of nitrogens with one attached hydrogen (secondary N) is 1. The van der Waals surface area contributed by atoms with Gasteiger partial charge in [0.05, 0.1) is 0 Å². The normalized spacial score (nSPS) is 10.4. The van der Waals surface area contributed by atoms with Gasteiger partial charge in [0.1, 0.15) is 23.1 Å². The third kappa shape index (κ3) is 4.03. The second-order valence-electron chi connectivity index (χ2n) is 5.80. The van der Waals surface area contributed by atoms with Gasteiger partial charge in [-0.15, -0.1) is 0 Å². The summed E-state index contributed by atoms with van der Waals surface area (Å²) in [6, 6.07) is 16.3. The van der Waals surface area contributed by atoms with E-state index in [9.17, 15) is 13.6 Å². The predicted molar refractivity (Wildman–Crippen MR) is 97.1 cm³/mol. The van der Waals surface area contributed by atoms with Crippen LogP contribution < -0.4 is 10.2 Å². The van der Waals surface area contributed by atoms with Crippen molar-refractivity contribution in [1.82, 2.24) is 4.98 Å². The molecule has 0 unspecified atom stereocenters. The number of pyridine rings is 1. The molecule has 0 fully saturated rings. The van der Waals surface area contributed by atoms with Crippen LogP contribution in [-0.4, -0.2) is 17.9 Å². The van der Waals surface area contributed by atoms with Gasteiger partial charge in [-0.2, -0.15) is 0 Å². The molecule has 132 valence electrons. The summed E-state index contributed by atoms with van der Waals surface area (Å²) in [5.74, 6) is -1.68. The molecule has 1 amide bonds. The van der Waals surface area contributed by atoms with Gasteiger partial charge in [0.15, 0.2) is 0 Å². The fourth-order valence-electron chi connectivity index (χ4n) is 2.51. The monoisotopic (exact) mass is 353 g/mol. The van der Waals surface area contributed by atoms with Crippen molar-refractivity contribution in [2.45, 2.75) is 6.54 Å². The topological polar surface area (TPSA) is 45.2 Å². The molecule has 0 bridgehead atoms. The average molecular weight is 353 g/mol. The molecule has 2 aromatic carbocycles. The number of carbonyl (C=O) groups is 1. The van der Waals surface area contributed by atoms with Gasteiger partial charge in [0.2, 0.25) is 0 Å². The Hall–Kier alpha value is -3.28. The Labute approximate surface area is 150 Å². The van der Waals surface area contributed by atoms with E-state index in [1.807, 2.05) is 42.3 Å². The second kappa shape index (κ2) is 7.74. The molecule has 0 aliphatic heterocycles. The molecule has 0 atom stereocenters. The molecule has 0 saturated carbocycles. The quantitative estimate of drug-likeness (QED) is 0.746. The summed E-state index contributed by atoms with van der Waals surface area (Å²) >= 11 is 0. The van der Waals surface area contributed by atoms with Crippen LogP contribution in [0.4, 0.5) is 20.3 Å². The predicted octanol–water partition coefficient (Wildman–Crippen LogP) is 4.25. The maximum Gasteiger partial charge on any atom is 0.256 e. The largest absolute Gasteiger partial charge is 0.355 e. The van der Waals surface area contributed by atoms with Crippen LogP contribution >= 0.6 is 0 Å². The summed E-state index contributed by atoms with van der Waals surface area (Å²) < 4.78 is 27.4. The van der Waals surface area contributed by atoms with E-state index in [1.54, 1.807) is 6.07 Å². The van der Waals surface area contributed by atoms with Crippen LogP contribution in [-0.2, 0) is 6.54 Å². The van der Waals surface area contributed by atoms with Crippen LogP contribution in [0.15, 0.2) is 66.9 Å². The summed E-state index contributed by atoms with van der Waals surface area (Å²) in [7, 11) is 1.85. The van der Waals surface area contributed by atoms with E-state index in [-0.39, 0.29) is 5.56 Å². The van der Waals surface area contributed by atoms with Crippen molar-refractivity contribution in [3.63, 3.8) is 0 Å². The molecule has 0 spiro atoms. The minimum atomic E-state index is -0.825. The molecule has 0 aliphatic carbocycles. The number of nitrogens with zero attached hydrogens (tertiary/aromatic N) is 2. The zero-order valence-corrected chi connectivity index (χ0v) is 14.1. The van der Waals surface area contributed by atoms with E-state index in [4.69, 9.17) is 0 Å². The molecule has 1 aromatic heterocycles. The first kappa shape index (κ1) is 17.5. The Bertz CT molecular complexity index is 896. The SMILES string of the molecule is CN(Cc1ccccc1)c1cc(C(=O)Nc2c(F)cccc2F)ccn1. The molecular weight excluding hydrogens is 336 g/mol. The standard InChI is InChI=1S/C20H17F2N3O/c1-25(13-14-6-3-2-4-7-14)18-12-15(10-11-23-18)20(26)24-19-16(21)8-5-9-17(19)22/h2-12H,13H2,1H3,(H,24,26). The first-order valence-corrected chi connectivity index (χ1v) is 8.01. The Kier molecular flexibility index (Phi) is 5.22. The number of hydrogen-bond acceptors (Lipinski definition) is 3. The third-order valence-corrected chi connectivity index (χ3v) is 3.86. The van der Waals surface area contributed by atoms with Crippen molar-refractivity contribution in [2.24, 2.45) is 0 Å². The van der Waals surface area contributed by atoms with E-state index >= 15 is 0 Å². The average Bonchev–Trinajstić information content (AvgIpc) is 2.65. The van der Waals surface area contributed by atoms with Gasteiger partial charge in [-0.3, -0.25) is 4.79 Å². The van der Waals surface area contributed by atoms with Crippen molar-refractivity contribution in [3.05, 3.63) is 89.6 Å². The lowest BCUT2D eigenvalue weighted by Crippen LogP contribution is -2.19. The fraction of sp³-hybridized carbons (Fsp3) is 0.100. The second-order valence-corrected chi connectivity index (χ2v) is 5.80. The highest BCUT2D eigenvalue weighted by atomic mass is 19.1. The van der Waals surface area contributed by atoms with Gasteiger partial charge in [0, 0.05) is 25.4 Å². The van der Waals surface area contributed by atoms with Crippen molar-refractivity contribution in [2.75, 3.05) is 17.3 Å². The van der Waals surface area contributed by atoms with Gasteiger partial charge in [-0.25, -0.2) is 13.8 Å². The fourth-order valence-corrected chi connectivity index (χ4v) is 2.51. The van der Waals surface area contributed by atoms with E-state index in [0.29, 0.717) is 12.4 Å². The van der Waals surface area contributed by atoms with Crippen molar-refractivity contribution < 1.29 is 13.6 Å². The number of halogens is 2. The molecule has 6 heteroatoms. The minimum Gasteiger partial charge on any atom is -0.355 e. The molecule has 4 nitrogen and oxygen atoms in total. The Morgan fingerprint density at radius 2 is 1.73 bits per heavy atom. The third-order valence-electron chi connectivity index (χ3n) is 3.86. The number of anilines is 2. The number of para-hydroxylation sites is 1. The van der Waals surface area contributed by atoms with Crippen LogP contribution in [0.5, 0.6) is 0 Å². The highest BCUT2D eigenvalue weighted by molar-refractivity contribution is 6.04. The Balaban J connectivity index is 1.77. The highest BCUT2D eigenvalue weighted by Gasteiger charge is 2.14. The van der Waals surface area contributed by atoms with Crippen LogP contribution in [0, 0.1) is 11.6 Å². The van der Waals surface area contributed by atoms with Crippen molar-refractivity contribution in [3.8, 4) is 0 Å². The molecule has 1 heterocycles. The first-order valence-electron chi connectivity index (χ1n) is 8.01. The smallest absolute Gasteiger partial charge is 0.256 e. The maximum atomic E-state index is 13.7. The first-order chi connectivity index (χ1) is 12.5. The summed E-state index contributed by atoms with van der Waals surface area (Å²) in [4.78, 5) is 18.5. The summed E-state index contributed by atoms with van der Waals surface area (Å²) in [5, 5.41) is 2.28. The van der Waals surface area contributed by atoms with E-state index in [1.165, 1.54) is 18.3 Å². The lowest BCUT2D eigenvalue weighted by atomic mass is 10.2. The zero-order chi connectivity index (χ0) is 18.5. The van der Waals surface area contributed by atoms with Gasteiger partial charge in [0.25, 0.3) is 5.91 Å². The number of amides is 1. The van der Waals surface area contributed by atoms with E-state index in [2.05, 4.69) is 10.3 Å². The number of benzene rings is 2. The van der Waals surface area contributed by atoms with Gasteiger partial charge in [-0.05, 0) is 29.8 Å². The highest BCUT2D eigenvalue weighted by Crippen LogP contribution is 2.20. The summed E-state index contributed by atoms with van der Waals surface area (Å²) in [6.45, 7) is 0.612. The lowest BCUT2D eigenvalue weighted by molar-refractivity contribution is 0.102. The van der Waals surface area contributed by atoms with Crippen LogP contribution in [0.2, 0.25) is 0 Å². The molecule has 26 heavy (non-hydrogen) atoms. The van der Waals surface area contributed by atoms with Gasteiger partial charge in [-0.1, -0.05) is 36.4 Å². The minimum absolute atomic E-state index is 0.262. The number of rotatable bonds is 5. The molecular formula is C20H17F2N3O. The van der Waals surface area contributed by atoms with Crippen LogP contribution in [0.3, 0.4) is 0 Å². The number of carbonyl (C=O) groups excluding carboxylic acids is 1. The molecule has 0 saturated heterocycles. The van der Waals surface area contributed by atoms with Crippen molar-refractivity contribution >= 4 is 17.4 Å². The molecule has 1 N–H and O–H groups in total. The van der Waals surface area contributed by atoms with Gasteiger partial charge < -0.3 is 10.2 Å². The van der Waals surface area contributed by atoms with Crippen LogP contribution in [0.25, 0.3) is 0 Å². The van der Waals surface area contributed by atoms with Crippen molar-refractivity contribution in [1.29, 1.82) is 0 Å². The molecule has 0 radical (unpaired) electrons. The molecule has 3 rings (SSSR count). The van der Waals surface area contributed by atoms with Gasteiger partial charge >= 0.3 is 0 Å². The summed E-state index contributed by atoms with van der Waals surface area (Å²) in [6.07, 6.45) is 1.49. The Morgan fingerprint density at radius 1 is 1.04 bits per heavy atom. The van der Waals surface area contributed by atoms with E-state index < -0.39 is 23.2 Å². The van der Waals surface area contributed by atoms with E-state index in [0.717, 1.165) is 17.7 Å². The van der Waals surface area contributed by atoms with Crippen LogP contribution in [0.1, 0.15) is 15.9 Å². The Morgan fingerprint density at radius 3 is 2.42 bits per heavy atom.